The molecule has 0 aromatic carbocycles. The number of nitrogens with one attached hydrogen (secondary N) is 1. The molecule has 18 heavy (non-hydrogen) atoms. The predicted octanol–water partition coefficient (Wildman–Crippen LogP) is 2.20. The minimum atomic E-state index is 0.190. The van der Waals surface area contributed by atoms with Crippen molar-refractivity contribution in [3.63, 3.8) is 0 Å². The Morgan fingerprint density at radius 1 is 1.67 bits per heavy atom. The minimum absolute atomic E-state index is 0.190. The van der Waals surface area contributed by atoms with Crippen LogP contribution in [0.1, 0.15) is 50.8 Å². The fraction of sp³-hybridized carbons (Fsp3) is 0.643. The summed E-state index contributed by atoms with van der Waals surface area (Å²) in [4.78, 5) is 17.4. The number of hydrogen-bond donors (Lipinski definition) is 2. The van der Waals surface area contributed by atoms with Crippen molar-refractivity contribution < 1.29 is 4.79 Å². The Kier molecular flexibility index (Phi) is 4.42. The number of likely N-dealkylation sites (tertiary alicyclic amines) is 1. The molecule has 0 radical (unpaired) electrons. The van der Waals surface area contributed by atoms with Gasteiger partial charge in [0.1, 0.15) is 0 Å². The molecule has 2 atom stereocenters. The van der Waals surface area contributed by atoms with Gasteiger partial charge < -0.3 is 15.6 Å². The molecule has 0 bridgehead atoms. The van der Waals surface area contributed by atoms with Crippen LogP contribution in [0.25, 0.3) is 0 Å². The Labute approximate surface area is 109 Å². The van der Waals surface area contributed by atoms with Crippen LogP contribution >= 0.6 is 0 Å². The number of nitrogens with two attached hydrogens (primary N) is 1. The number of amides is 1. The predicted molar refractivity (Wildman–Crippen MR) is 72.0 cm³/mol. The van der Waals surface area contributed by atoms with E-state index in [9.17, 15) is 4.79 Å². The van der Waals surface area contributed by atoms with Crippen LogP contribution in [-0.4, -0.2) is 28.4 Å². The number of rotatable bonds is 5. The van der Waals surface area contributed by atoms with E-state index in [1.807, 2.05) is 24.1 Å². The Morgan fingerprint density at radius 2 is 2.50 bits per heavy atom. The van der Waals surface area contributed by atoms with Gasteiger partial charge in [0.05, 0.1) is 6.04 Å². The molecule has 2 rings (SSSR count). The molecular formula is C14H23N3O. The van der Waals surface area contributed by atoms with Crippen LogP contribution in [-0.2, 0) is 4.79 Å². The summed E-state index contributed by atoms with van der Waals surface area (Å²) in [7, 11) is 0. The average molecular weight is 249 g/mol. The van der Waals surface area contributed by atoms with Crippen LogP contribution in [0.5, 0.6) is 0 Å². The van der Waals surface area contributed by atoms with Gasteiger partial charge in [0.15, 0.2) is 0 Å². The topological polar surface area (TPSA) is 62.1 Å². The molecule has 1 aromatic heterocycles. The van der Waals surface area contributed by atoms with Crippen LogP contribution < -0.4 is 5.73 Å². The molecule has 1 aromatic rings. The number of aromatic nitrogens is 1. The molecule has 100 valence electrons. The molecule has 0 spiro atoms. The van der Waals surface area contributed by atoms with Crippen molar-refractivity contribution in [2.45, 2.75) is 51.1 Å². The summed E-state index contributed by atoms with van der Waals surface area (Å²) in [5.41, 5.74) is 6.87. The van der Waals surface area contributed by atoms with Crippen molar-refractivity contribution in [3.8, 4) is 0 Å². The number of hydrogen-bond acceptors (Lipinski definition) is 2. The van der Waals surface area contributed by atoms with Crippen molar-refractivity contribution in [3.05, 3.63) is 24.0 Å². The monoisotopic (exact) mass is 249 g/mol. The summed E-state index contributed by atoms with van der Waals surface area (Å²) in [6.45, 7) is 2.88. The van der Waals surface area contributed by atoms with Crippen molar-refractivity contribution in [1.29, 1.82) is 0 Å². The lowest BCUT2D eigenvalue weighted by atomic mass is 10.1. The molecule has 2 unspecified atom stereocenters. The number of carbonyl (C=O) groups is 1. The summed E-state index contributed by atoms with van der Waals surface area (Å²) >= 11 is 0. The van der Waals surface area contributed by atoms with Gasteiger partial charge in [0, 0.05) is 30.9 Å². The van der Waals surface area contributed by atoms with Crippen LogP contribution in [0, 0.1) is 0 Å². The highest BCUT2D eigenvalue weighted by Crippen LogP contribution is 2.31. The van der Waals surface area contributed by atoms with Gasteiger partial charge in [-0.1, -0.05) is 0 Å². The van der Waals surface area contributed by atoms with Crippen molar-refractivity contribution in [2.75, 3.05) is 6.54 Å². The van der Waals surface area contributed by atoms with Gasteiger partial charge in [0.25, 0.3) is 0 Å². The molecule has 3 N–H and O–H groups in total. The molecule has 0 aliphatic carbocycles. The molecular weight excluding hydrogens is 226 g/mol. The van der Waals surface area contributed by atoms with E-state index in [0.717, 1.165) is 37.9 Å². The van der Waals surface area contributed by atoms with Gasteiger partial charge >= 0.3 is 0 Å². The molecule has 4 heteroatoms. The van der Waals surface area contributed by atoms with Crippen LogP contribution in [0.3, 0.4) is 0 Å². The number of aromatic amines is 1. The van der Waals surface area contributed by atoms with E-state index in [0.29, 0.717) is 6.42 Å². The molecule has 1 aliphatic rings. The summed E-state index contributed by atoms with van der Waals surface area (Å²) < 4.78 is 0. The SMILES string of the molecule is CC(N)CCCC(=O)N1CCCC1c1ccc[nH]1. The van der Waals surface area contributed by atoms with Crippen molar-refractivity contribution >= 4 is 5.91 Å². The summed E-state index contributed by atoms with van der Waals surface area (Å²) in [5.74, 6) is 0.271. The van der Waals surface area contributed by atoms with Gasteiger partial charge in [-0.25, -0.2) is 0 Å². The standard InChI is InChI=1S/C14H23N3O/c1-11(15)5-2-8-14(18)17-10-4-7-13(17)12-6-3-9-16-12/h3,6,9,11,13,16H,2,4-5,7-8,10,15H2,1H3. The van der Waals surface area contributed by atoms with E-state index in [-0.39, 0.29) is 18.0 Å². The fourth-order valence-electron chi connectivity index (χ4n) is 2.66. The quantitative estimate of drug-likeness (QED) is 0.840. The first-order valence-corrected chi connectivity index (χ1v) is 6.87. The van der Waals surface area contributed by atoms with Gasteiger partial charge in [-0.15, -0.1) is 0 Å². The second kappa shape index (κ2) is 6.05. The zero-order valence-electron chi connectivity index (χ0n) is 11.1. The molecule has 4 nitrogen and oxygen atoms in total. The van der Waals surface area contributed by atoms with Crippen molar-refractivity contribution in [2.24, 2.45) is 5.73 Å². The molecule has 2 heterocycles. The van der Waals surface area contributed by atoms with Gasteiger partial charge in [-0.2, -0.15) is 0 Å². The first-order chi connectivity index (χ1) is 8.68. The van der Waals surface area contributed by atoms with E-state index < -0.39 is 0 Å². The zero-order valence-corrected chi connectivity index (χ0v) is 11.1. The van der Waals surface area contributed by atoms with E-state index in [1.54, 1.807) is 0 Å². The van der Waals surface area contributed by atoms with Gasteiger partial charge in [0.2, 0.25) is 5.91 Å². The third kappa shape index (κ3) is 3.13. The summed E-state index contributed by atoms with van der Waals surface area (Å²) in [6, 6.07) is 4.50. The molecule has 1 saturated heterocycles. The lowest BCUT2D eigenvalue weighted by molar-refractivity contribution is -0.132. The lowest BCUT2D eigenvalue weighted by Gasteiger charge is -2.24. The number of carbonyl (C=O) groups excluding carboxylic acids is 1. The molecule has 1 fully saturated rings. The largest absolute Gasteiger partial charge is 0.363 e. The average Bonchev–Trinajstić information content (AvgIpc) is 2.99. The van der Waals surface area contributed by atoms with Gasteiger partial charge in [-0.05, 0) is 44.7 Å². The third-order valence-corrected chi connectivity index (χ3v) is 3.60. The molecule has 0 saturated carbocycles. The van der Waals surface area contributed by atoms with E-state index in [4.69, 9.17) is 5.73 Å². The number of H-pyrrole nitrogens is 1. The van der Waals surface area contributed by atoms with Crippen LogP contribution in [0.2, 0.25) is 0 Å². The van der Waals surface area contributed by atoms with Crippen LogP contribution in [0.4, 0.5) is 0 Å². The Bertz CT molecular complexity index is 372. The molecule has 1 aliphatic heterocycles. The smallest absolute Gasteiger partial charge is 0.223 e. The first kappa shape index (κ1) is 13.1. The van der Waals surface area contributed by atoms with Crippen LogP contribution in [0.15, 0.2) is 18.3 Å². The third-order valence-electron chi connectivity index (χ3n) is 3.60. The van der Waals surface area contributed by atoms with E-state index >= 15 is 0 Å². The highest BCUT2D eigenvalue weighted by Gasteiger charge is 2.29. The maximum atomic E-state index is 12.2. The lowest BCUT2D eigenvalue weighted by Crippen LogP contribution is -2.30. The first-order valence-electron chi connectivity index (χ1n) is 6.87. The maximum Gasteiger partial charge on any atom is 0.223 e. The van der Waals surface area contributed by atoms with E-state index in [1.165, 1.54) is 0 Å². The summed E-state index contributed by atoms with van der Waals surface area (Å²) in [6.07, 6.45) is 6.53. The molecule has 1 amide bonds. The van der Waals surface area contributed by atoms with Crippen molar-refractivity contribution in [1.82, 2.24) is 9.88 Å². The highest BCUT2D eigenvalue weighted by atomic mass is 16.2. The Morgan fingerprint density at radius 3 is 3.17 bits per heavy atom. The fourth-order valence-corrected chi connectivity index (χ4v) is 2.66. The van der Waals surface area contributed by atoms with Gasteiger partial charge in [-0.3, -0.25) is 4.79 Å². The number of nitrogens with zero attached hydrogens (tertiary/aromatic N) is 1. The maximum absolute atomic E-state index is 12.2. The second-order valence-electron chi connectivity index (χ2n) is 5.24. The minimum Gasteiger partial charge on any atom is -0.363 e. The Hall–Kier alpha value is -1.29. The second-order valence-corrected chi connectivity index (χ2v) is 5.24. The normalized spacial score (nSPS) is 21.2. The highest BCUT2D eigenvalue weighted by molar-refractivity contribution is 5.77. The zero-order chi connectivity index (χ0) is 13.0. The van der Waals surface area contributed by atoms with E-state index in [2.05, 4.69) is 11.1 Å². The summed E-state index contributed by atoms with van der Waals surface area (Å²) in [5, 5.41) is 0. The Balaban J connectivity index is 1.89.